The van der Waals surface area contributed by atoms with Crippen molar-refractivity contribution in [1.29, 1.82) is 0 Å². The lowest BCUT2D eigenvalue weighted by molar-refractivity contribution is 0.0533. The Morgan fingerprint density at radius 2 is 2.22 bits per heavy atom. The van der Waals surface area contributed by atoms with Gasteiger partial charge in [0.15, 0.2) is 0 Å². The van der Waals surface area contributed by atoms with Gasteiger partial charge in [-0.2, -0.15) is 0 Å². The Labute approximate surface area is 117 Å². The van der Waals surface area contributed by atoms with E-state index in [2.05, 4.69) is 15.9 Å². The van der Waals surface area contributed by atoms with Crippen molar-refractivity contribution in [2.45, 2.75) is 6.92 Å². The maximum absolute atomic E-state index is 11.8. The predicted octanol–water partition coefficient (Wildman–Crippen LogP) is 3.43. The predicted molar refractivity (Wildman–Crippen MR) is 76.4 cm³/mol. The molecule has 0 aliphatic carbocycles. The van der Waals surface area contributed by atoms with Crippen LogP contribution in [0.25, 0.3) is 10.1 Å². The Bertz CT molecular complexity index is 609. The molecule has 0 saturated heterocycles. The third-order valence-corrected chi connectivity index (χ3v) is 4.03. The Hall–Kier alpha value is -1.27. The van der Waals surface area contributed by atoms with Crippen LogP contribution in [0.4, 0.5) is 5.69 Å². The summed E-state index contributed by atoms with van der Waals surface area (Å²) in [5.41, 5.74) is 6.43. The molecule has 0 atom stereocenters. The fraction of sp³-hybridized carbons (Fsp3) is 0.250. The summed E-state index contributed by atoms with van der Waals surface area (Å²) in [4.78, 5) is 12.2. The number of carbonyl (C=O) groups is 1. The summed E-state index contributed by atoms with van der Waals surface area (Å²) in [7, 11) is 1.57. The zero-order valence-electron chi connectivity index (χ0n) is 9.95. The molecule has 0 aliphatic rings. The third-order valence-electron chi connectivity index (χ3n) is 2.44. The number of nitrogen functional groups attached to an aromatic ring is 1. The average Bonchev–Trinajstić information content (AvgIpc) is 2.66. The minimum absolute atomic E-state index is 0.327. The van der Waals surface area contributed by atoms with Gasteiger partial charge in [0, 0.05) is 9.17 Å². The number of anilines is 1. The first-order valence-corrected chi connectivity index (χ1v) is 6.92. The van der Waals surface area contributed by atoms with Gasteiger partial charge in [0.2, 0.25) is 0 Å². The maximum Gasteiger partial charge on any atom is 0.350 e. The molecular weight excluding hydrogens is 318 g/mol. The van der Waals surface area contributed by atoms with E-state index in [-0.39, 0.29) is 0 Å². The maximum atomic E-state index is 11.8. The number of carbonyl (C=O) groups excluding carboxylic acids is 1. The summed E-state index contributed by atoms with van der Waals surface area (Å²) in [6.45, 7) is 2.09. The van der Waals surface area contributed by atoms with E-state index in [1.54, 1.807) is 14.0 Å². The molecule has 0 spiro atoms. The van der Waals surface area contributed by atoms with Crippen molar-refractivity contribution in [2.24, 2.45) is 0 Å². The first-order valence-electron chi connectivity index (χ1n) is 5.31. The van der Waals surface area contributed by atoms with E-state index in [1.807, 2.05) is 12.1 Å². The number of ether oxygens (including phenoxy) is 2. The van der Waals surface area contributed by atoms with E-state index >= 15 is 0 Å². The molecule has 0 radical (unpaired) electrons. The molecule has 2 N–H and O–H groups in total. The van der Waals surface area contributed by atoms with Crippen molar-refractivity contribution in [2.75, 3.05) is 19.5 Å². The van der Waals surface area contributed by atoms with Crippen molar-refractivity contribution in [3.8, 4) is 5.75 Å². The summed E-state index contributed by atoms with van der Waals surface area (Å²) in [6.07, 6.45) is 0. The number of hydrogen-bond donors (Lipinski definition) is 1. The van der Waals surface area contributed by atoms with Gasteiger partial charge in [-0.25, -0.2) is 4.79 Å². The number of methoxy groups -OCH3 is 1. The standard InChI is InChI=1S/C12H12BrNO3S/c1-3-17-12(15)11-10(14)9-7(16-2)4-6(13)5-8(9)18-11/h4-5H,3,14H2,1-2H3. The van der Waals surface area contributed by atoms with Gasteiger partial charge < -0.3 is 15.2 Å². The van der Waals surface area contributed by atoms with Crippen molar-refractivity contribution in [3.05, 3.63) is 21.5 Å². The lowest BCUT2D eigenvalue weighted by atomic mass is 10.2. The van der Waals surface area contributed by atoms with E-state index < -0.39 is 5.97 Å². The Kier molecular flexibility index (Phi) is 3.77. The highest BCUT2D eigenvalue weighted by Crippen LogP contribution is 2.41. The van der Waals surface area contributed by atoms with Crippen LogP contribution in [-0.4, -0.2) is 19.7 Å². The van der Waals surface area contributed by atoms with E-state index in [0.29, 0.717) is 22.9 Å². The van der Waals surface area contributed by atoms with Crippen molar-refractivity contribution in [1.82, 2.24) is 0 Å². The largest absolute Gasteiger partial charge is 0.496 e. The molecule has 0 amide bonds. The molecule has 0 aliphatic heterocycles. The molecule has 2 aromatic rings. The van der Waals surface area contributed by atoms with Crippen LogP contribution >= 0.6 is 27.3 Å². The van der Waals surface area contributed by atoms with Crippen LogP contribution in [0.3, 0.4) is 0 Å². The quantitative estimate of drug-likeness (QED) is 0.876. The van der Waals surface area contributed by atoms with Gasteiger partial charge >= 0.3 is 5.97 Å². The number of benzene rings is 1. The highest BCUT2D eigenvalue weighted by molar-refractivity contribution is 9.10. The van der Waals surface area contributed by atoms with E-state index in [4.69, 9.17) is 15.2 Å². The van der Waals surface area contributed by atoms with Gasteiger partial charge in [-0.15, -0.1) is 11.3 Å². The topological polar surface area (TPSA) is 61.5 Å². The highest BCUT2D eigenvalue weighted by Gasteiger charge is 2.20. The molecule has 6 heteroatoms. The number of fused-ring (bicyclic) bond motifs is 1. The van der Waals surface area contributed by atoms with Gasteiger partial charge in [0.1, 0.15) is 10.6 Å². The fourth-order valence-corrected chi connectivity index (χ4v) is 3.35. The summed E-state index contributed by atoms with van der Waals surface area (Å²) >= 11 is 4.70. The van der Waals surface area contributed by atoms with E-state index in [9.17, 15) is 4.79 Å². The Morgan fingerprint density at radius 1 is 1.50 bits per heavy atom. The molecule has 2 rings (SSSR count). The van der Waals surface area contributed by atoms with E-state index in [1.165, 1.54) is 11.3 Å². The minimum atomic E-state index is -0.394. The molecule has 4 nitrogen and oxygen atoms in total. The third kappa shape index (κ3) is 2.18. The lowest BCUT2D eigenvalue weighted by Crippen LogP contribution is -2.04. The smallest absolute Gasteiger partial charge is 0.350 e. The van der Waals surface area contributed by atoms with Crippen LogP contribution in [-0.2, 0) is 4.74 Å². The summed E-state index contributed by atoms with van der Waals surface area (Å²) < 4.78 is 12.0. The molecule has 96 valence electrons. The summed E-state index contributed by atoms with van der Waals surface area (Å²) in [5, 5.41) is 0.758. The van der Waals surface area contributed by atoms with Gasteiger partial charge in [0.25, 0.3) is 0 Å². The second-order valence-corrected chi connectivity index (χ2v) is 5.51. The number of hydrogen-bond acceptors (Lipinski definition) is 5. The van der Waals surface area contributed by atoms with Crippen molar-refractivity contribution in [3.63, 3.8) is 0 Å². The van der Waals surface area contributed by atoms with Crippen LogP contribution < -0.4 is 10.5 Å². The zero-order valence-corrected chi connectivity index (χ0v) is 12.4. The molecule has 0 unspecified atom stereocenters. The molecular formula is C12H12BrNO3S. The Morgan fingerprint density at radius 3 is 2.83 bits per heavy atom. The second kappa shape index (κ2) is 5.16. The van der Waals surface area contributed by atoms with Crippen molar-refractivity contribution >= 4 is 49.0 Å². The van der Waals surface area contributed by atoms with Crippen molar-refractivity contribution < 1.29 is 14.3 Å². The summed E-state index contributed by atoms with van der Waals surface area (Å²) in [6, 6.07) is 3.72. The average molecular weight is 330 g/mol. The minimum Gasteiger partial charge on any atom is -0.496 e. The van der Waals surface area contributed by atoms with Crippen LogP contribution in [0, 0.1) is 0 Å². The van der Waals surface area contributed by atoms with Gasteiger partial charge in [-0.05, 0) is 19.1 Å². The fourth-order valence-electron chi connectivity index (χ4n) is 1.69. The van der Waals surface area contributed by atoms with Crippen LogP contribution in [0.15, 0.2) is 16.6 Å². The highest BCUT2D eigenvalue weighted by atomic mass is 79.9. The molecule has 1 aromatic heterocycles. The van der Waals surface area contributed by atoms with Gasteiger partial charge in [0.05, 0.1) is 24.8 Å². The van der Waals surface area contributed by atoms with Gasteiger partial charge in [-0.3, -0.25) is 0 Å². The number of halogens is 1. The molecule has 0 saturated carbocycles. The lowest BCUT2D eigenvalue weighted by Gasteiger charge is -2.04. The number of thiophene rings is 1. The number of nitrogens with two attached hydrogens (primary N) is 1. The molecule has 0 bridgehead atoms. The second-order valence-electron chi connectivity index (χ2n) is 3.55. The molecule has 1 heterocycles. The first kappa shape index (κ1) is 13.2. The number of rotatable bonds is 3. The normalized spacial score (nSPS) is 10.6. The van der Waals surface area contributed by atoms with Crippen LogP contribution in [0.5, 0.6) is 5.75 Å². The summed E-state index contributed by atoms with van der Waals surface area (Å²) in [5.74, 6) is 0.248. The molecule has 18 heavy (non-hydrogen) atoms. The molecule has 0 fully saturated rings. The first-order chi connectivity index (χ1) is 8.58. The zero-order chi connectivity index (χ0) is 13.3. The van der Waals surface area contributed by atoms with Crippen LogP contribution in [0.2, 0.25) is 0 Å². The Balaban J connectivity index is 2.66. The van der Waals surface area contributed by atoms with Gasteiger partial charge in [-0.1, -0.05) is 15.9 Å². The van der Waals surface area contributed by atoms with Crippen LogP contribution in [0.1, 0.15) is 16.6 Å². The van der Waals surface area contributed by atoms with E-state index in [0.717, 1.165) is 14.6 Å². The monoisotopic (exact) mass is 329 g/mol. The SMILES string of the molecule is CCOC(=O)c1sc2cc(Br)cc(OC)c2c1N. The molecule has 1 aromatic carbocycles. The number of esters is 1.